The maximum absolute atomic E-state index is 12.3. The summed E-state index contributed by atoms with van der Waals surface area (Å²) in [6, 6.07) is 10.4. The van der Waals surface area contributed by atoms with Gasteiger partial charge in [0, 0.05) is 10.7 Å². The number of halogens is 1. The number of hydrogen-bond acceptors (Lipinski definition) is 4. The number of aliphatic carboxylic acids is 1. The molecule has 0 bridgehead atoms. The topological polar surface area (TPSA) is 57.6 Å². The zero-order chi connectivity index (χ0) is 15.2. The van der Waals surface area contributed by atoms with Gasteiger partial charge in [-0.15, -0.1) is 23.1 Å². The van der Waals surface area contributed by atoms with Crippen molar-refractivity contribution in [3.05, 3.63) is 46.8 Å². The summed E-state index contributed by atoms with van der Waals surface area (Å²) in [7, 11) is 0. The van der Waals surface area contributed by atoms with Gasteiger partial charge >= 0.3 is 5.97 Å². The lowest BCUT2D eigenvalue weighted by molar-refractivity contribution is -0.136. The Labute approximate surface area is 135 Å². The van der Waals surface area contributed by atoms with Gasteiger partial charge in [-0.1, -0.05) is 17.7 Å². The van der Waals surface area contributed by atoms with Crippen LogP contribution in [0.5, 0.6) is 0 Å². The molecule has 0 aliphatic carbocycles. The van der Waals surface area contributed by atoms with Gasteiger partial charge in [0.1, 0.15) is 6.54 Å². The van der Waals surface area contributed by atoms with Gasteiger partial charge in [-0.25, -0.2) is 0 Å². The van der Waals surface area contributed by atoms with Crippen molar-refractivity contribution in [2.75, 3.05) is 17.2 Å². The second-order valence-electron chi connectivity index (χ2n) is 4.07. The number of hydrogen-bond donors (Lipinski definition) is 1. The molecule has 0 saturated heterocycles. The Balaban J connectivity index is 2.09. The number of benzene rings is 1. The molecule has 0 fully saturated rings. The van der Waals surface area contributed by atoms with E-state index in [1.807, 2.05) is 17.5 Å². The third kappa shape index (κ3) is 4.77. The zero-order valence-electron chi connectivity index (χ0n) is 10.9. The number of rotatable bonds is 6. The van der Waals surface area contributed by atoms with Crippen molar-refractivity contribution >= 4 is 52.3 Å². The van der Waals surface area contributed by atoms with Gasteiger partial charge in [-0.3, -0.25) is 9.59 Å². The normalized spacial score (nSPS) is 10.3. The Kier molecular flexibility index (Phi) is 5.67. The number of carbonyl (C=O) groups excluding carboxylic acids is 1. The summed E-state index contributed by atoms with van der Waals surface area (Å²) < 4.78 is 1.02. The van der Waals surface area contributed by atoms with Crippen LogP contribution in [0.25, 0.3) is 0 Å². The summed E-state index contributed by atoms with van der Waals surface area (Å²) in [4.78, 5) is 24.5. The third-order valence-corrected chi connectivity index (χ3v) is 4.93. The molecule has 0 radical (unpaired) electrons. The van der Waals surface area contributed by atoms with Crippen molar-refractivity contribution in [1.29, 1.82) is 0 Å². The molecule has 0 aliphatic heterocycles. The lowest BCUT2D eigenvalue weighted by Crippen LogP contribution is -2.36. The van der Waals surface area contributed by atoms with Crippen LogP contribution in [0, 0.1) is 0 Å². The first kappa shape index (κ1) is 15.9. The van der Waals surface area contributed by atoms with E-state index < -0.39 is 5.97 Å². The monoisotopic (exact) mass is 341 g/mol. The molecule has 1 heterocycles. The summed E-state index contributed by atoms with van der Waals surface area (Å²) in [5.41, 5.74) is 0.526. The first-order valence-corrected chi connectivity index (χ1v) is 8.24. The van der Waals surface area contributed by atoms with Crippen molar-refractivity contribution in [3.63, 3.8) is 0 Å². The van der Waals surface area contributed by atoms with Gasteiger partial charge in [0.25, 0.3) is 0 Å². The van der Waals surface area contributed by atoms with E-state index in [-0.39, 0.29) is 18.2 Å². The second-order valence-corrected chi connectivity index (χ2v) is 6.73. The Morgan fingerprint density at radius 3 is 2.52 bits per heavy atom. The maximum Gasteiger partial charge on any atom is 0.323 e. The van der Waals surface area contributed by atoms with Crippen molar-refractivity contribution in [3.8, 4) is 0 Å². The first-order chi connectivity index (χ1) is 10.1. The molecule has 1 aromatic heterocycles. The van der Waals surface area contributed by atoms with E-state index in [9.17, 15) is 9.59 Å². The highest BCUT2D eigenvalue weighted by atomic mass is 35.5. The molecule has 0 saturated carbocycles. The van der Waals surface area contributed by atoms with Crippen LogP contribution in [0.15, 0.2) is 46.0 Å². The van der Waals surface area contributed by atoms with E-state index in [1.165, 1.54) is 16.7 Å². The second kappa shape index (κ2) is 7.49. The predicted molar refractivity (Wildman–Crippen MR) is 86.5 cm³/mol. The average Bonchev–Trinajstić information content (AvgIpc) is 2.96. The van der Waals surface area contributed by atoms with Crippen LogP contribution in [0.3, 0.4) is 0 Å². The average molecular weight is 342 g/mol. The number of amides is 1. The van der Waals surface area contributed by atoms with Crippen LogP contribution in [-0.2, 0) is 9.59 Å². The van der Waals surface area contributed by atoms with Gasteiger partial charge in [0.05, 0.1) is 9.96 Å². The summed E-state index contributed by atoms with van der Waals surface area (Å²) >= 11 is 8.75. The van der Waals surface area contributed by atoms with E-state index in [0.717, 1.165) is 4.21 Å². The molecule has 2 aromatic rings. The Hall–Kier alpha value is -1.50. The number of carboxylic acids is 1. The molecule has 0 spiro atoms. The van der Waals surface area contributed by atoms with Gasteiger partial charge in [-0.2, -0.15) is 0 Å². The van der Waals surface area contributed by atoms with Crippen LogP contribution in [0.4, 0.5) is 5.69 Å². The molecule has 0 unspecified atom stereocenters. The highest BCUT2D eigenvalue weighted by molar-refractivity contribution is 8.01. The van der Waals surface area contributed by atoms with Crippen LogP contribution in [0.2, 0.25) is 5.02 Å². The molecule has 0 aliphatic rings. The molecule has 0 atom stereocenters. The van der Waals surface area contributed by atoms with Crippen LogP contribution >= 0.6 is 34.7 Å². The molecule has 1 N–H and O–H groups in total. The number of nitrogens with zero attached hydrogens (tertiary/aromatic N) is 1. The molecule has 2 rings (SSSR count). The molecule has 21 heavy (non-hydrogen) atoms. The number of anilines is 1. The molecule has 110 valence electrons. The number of thiophene rings is 1. The van der Waals surface area contributed by atoms with Crippen LogP contribution < -0.4 is 4.90 Å². The quantitative estimate of drug-likeness (QED) is 0.815. The van der Waals surface area contributed by atoms with E-state index >= 15 is 0 Å². The van der Waals surface area contributed by atoms with Gasteiger partial charge in [0.2, 0.25) is 5.91 Å². The summed E-state index contributed by atoms with van der Waals surface area (Å²) in [5, 5.41) is 11.4. The largest absolute Gasteiger partial charge is 0.480 e. The molecule has 7 heteroatoms. The van der Waals surface area contributed by atoms with Crippen molar-refractivity contribution in [1.82, 2.24) is 0 Å². The lowest BCUT2D eigenvalue weighted by atomic mass is 10.3. The molecule has 4 nitrogen and oxygen atoms in total. The minimum atomic E-state index is -1.06. The molecule has 1 amide bonds. The van der Waals surface area contributed by atoms with E-state index in [2.05, 4.69) is 0 Å². The standard InChI is InChI=1S/C14H12ClNO3S2/c15-10-3-5-11(6-4-10)16(8-13(18)19)12(17)9-21-14-2-1-7-20-14/h1-7H,8-9H2,(H,18,19). The number of carbonyl (C=O) groups is 2. The van der Waals surface area contributed by atoms with Crippen molar-refractivity contribution in [2.45, 2.75) is 4.21 Å². The fraction of sp³-hybridized carbons (Fsp3) is 0.143. The number of thioether (sulfide) groups is 1. The zero-order valence-corrected chi connectivity index (χ0v) is 13.2. The maximum atomic E-state index is 12.3. The molecule has 1 aromatic carbocycles. The Morgan fingerprint density at radius 2 is 1.95 bits per heavy atom. The Bertz CT molecular complexity index is 614. The van der Waals surface area contributed by atoms with Crippen molar-refractivity contribution in [2.24, 2.45) is 0 Å². The fourth-order valence-electron chi connectivity index (χ4n) is 1.64. The van der Waals surface area contributed by atoms with E-state index in [1.54, 1.807) is 35.6 Å². The highest BCUT2D eigenvalue weighted by Crippen LogP contribution is 2.25. The molecular formula is C14H12ClNO3S2. The summed E-state index contributed by atoms with van der Waals surface area (Å²) in [5.74, 6) is -1.12. The van der Waals surface area contributed by atoms with E-state index in [4.69, 9.17) is 16.7 Å². The van der Waals surface area contributed by atoms with Gasteiger partial charge in [0.15, 0.2) is 0 Å². The first-order valence-electron chi connectivity index (χ1n) is 6.00. The van der Waals surface area contributed by atoms with Crippen molar-refractivity contribution < 1.29 is 14.7 Å². The lowest BCUT2D eigenvalue weighted by Gasteiger charge is -2.20. The number of carboxylic acid groups (broad SMARTS) is 1. The summed E-state index contributed by atoms with van der Waals surface area (Å²) in [6.07, 6.45) is 0. The van der Waals surface area contributed by atoms with Crippen LogP contribution in [-0.4, -0.2) is 29.3 Å². The fourth-order valence-corrected chi connectivity index (χ4v) is 3.42. The van der Waals surface area contributed by atoms with Crippen LogP contribution in [0.1, 0.15) is 0 Å². The highest BCUT2D eigenvalue weighted by Gasteiger charge is 2.19. The minimum Gasteiger partial charge on any atom is -0.480 e. The van der Waals surface area contributed by atoms with Gasteiger partial charge in [-0.05, 0) is 35.7 Å². The predicted octanol–water partition coefficient (Wildman–Crippen LogP) is 3.61. The SMILES string of the molecule is O=C(O)CN(C(=O)CSc1cccs1)c1ccc(Cl)cc1. The van der Waals surface area contributed by atoms with Gasteiger partial charge < -0.3 is 10.0 Å². The minimum absolute atomic E-state index is 0.191. The smallest absolute Gasteiger partial charge is 0.323 e. The summed E-state index contributed by atoms with van der Waals surface area (Å²) in [6.45, 7) is -0.370. The molecular weight excluding hydrogens is 330 g/mol. The van der Waals surface area contributed by atoms with E-state index in [0.29, 0.717) is 10.7 Å². The third-order valence-electron chi connectivity index (χ3n) is 2.57. The Morgan fingerprint density at radius 1 is 1.24 bits per heavy atom.